The Morgan fingerprint density at radius 3 is 1.88 bits per heavy atom. The van der Waals surface area contributed by atoms with Crippen molar-refractivity contribution in [3.8, 4) is 11.5 Å². The third-order valence-electron chi connectivity index (χ3n) is 3.55. The van der Waals surface area contributed by atoms with Gasteiger partial charge in [-0.15, -0.1) is 5.10 Å². The number of methoxy groups -OCH3 is 2. The van der Waals surface area contributed by atoms with Crippen molar-refractivity contribution >= 4 is 11.7 Å². The molecule has 3 rings (SSSR count). The van der Waals surface area contributed by atoms with E-state index in [0.29, 0.717) is 22.6 Å². The van der Waals surface area contributed by atoms with Crippen molar-refractivity contribution in [3.05, 3.63) is 65.5 Å². The molecule has 1 heterocycles. The molecule has 0 aliphatic carbocycles. The summed E-state index contributed by atoms with van der Waals surface area (Å²) in [4.78, 5) is 25.2. The van der Waals surface area contributed by atoms with E-state index in [1.165, 1.54) is 14.2 Å². The molecule has 8 heteroatoms. The van der Waals surface area contributed by atoms with Gasteiger partial charge in [0.2, 0.25) is 11.6 Å². The van der Waals surface area contributed by atoms with Crippen molar-refractivity contribution in [3.63, 3.8) is 0 Å². The third-order valence-corrected chi connectivity index (χ3v) is 3.55. The molecule has 2 aromatic carbocycles. The number of benzene rings is 2. The van der Waals surface area contributed by atoms with Crippen LogP contribution in [0.15, 0.2) is 48.5 Å². The standard InChI is InChI=1S/C17H14N4O4/c1-24-13-7-3-11(4-8-13)15(22)16-18-19-20-21(16)17(23)12-5-9-14(25-2)10-6-12/h3-10H,1-2H3. The molecule has 1 aromatic heterocycles. The van der Waals surface area contributed by atoms with Gasteiger partial charge in [0.1, 0.15) is 11.5 Å². The summed E-state index contributed by atoms with van der Waals surface area (Å²) in [6.07, 6.45) is 0. The minimum atomic E-state index is -0.510. The number of aromatic nitrogens is 4. The maximum atomic E-state index is 12.6. The van der Waals surface area contributed by atoms with Crippen LogP contribution in [0, 0.1) is 0 Å². The minimum Gasteiger partial charge on any atom is -0.497 e. The largest absolute Gasteiger partial charge is 0.497 e. The lowest BCUT2D eigenvalue weighted by atomic mass is 10.1. The summed E-state index contributed by atoms with van der Waals surface area (Å²) >= 11 is 0. The van der Waals surface area contributed by atoms with Crippen LogP contribution in [0.3, 0.4) is 0 Å². The highest BCUT2D eigenvalue weighted by atomic mass is 16.5. The summed E-state index contributed by atoms with van der Waals surface area (Å²) in [5, 5.41) is 10.8. The van der Waals surface area contributed by atoms with Gasteiger partial charge in [-0.05, 0) is 59.0 Å². The van der Waals surface area contributed by atoms with Gasteiger partial charge >= 0.3 is 0 Å². The molecule has 0 saturated heterocycles. The molecule has 8 nitrogen and oxygen atoms in total. The van der Waals surface area contributed by atoms with Gasteiger partial charge in [-0.2, -0.15) is 4.68 Å². The number of hydrogen-bond acceptors (Lipinski definition) is 7. The first-order valence-electron chi connectivity index (χ1n) is 7.30. The molecule has 25 heavy (non-hydrogen) atoms. The summed E-state index contributed by atoms with van der Waals surface area (Å²) in [6.45, 7) is 0. The fourth-order valence-electron chi connectivity index (χ4n) is 2.19. The second-order valence-electron chi connectivity index (χ2n) is 5.01. The zero-order chi connectivity index (χ0) is 17.8. The molecule has 0 aliphatic rings. The first-order chi connectivity index (χ1) is 12.1. The lowest BCUT2D eigenvalue weighted by molar-refractivity contribution is 0.0915. The molecular formula is C17H14N4O4. The summed E-state index contributed by atoms with van der Waals surface area (Å²) < 4.78 is 11.0. The van der Waals surface area contributed by atoms with E-state index in [2.05, 4.69) is 15.5 Å². The second-order valence-corrected chi connectivity index (χ2v) is 5.01. The number of rotatable bonds is 5. The van der Waals surface area contributed by atoms with Crippen LogP contribution in [0.2, 0.25) is 0 Å². The Hall–Kier alpha value is -3.55. The van der Waals surface area contributed by atoms with Gasteiger partial charge in [-0.3, -0.25) is 9.59 Å². The van der Waals surface area contributed by atoms with Crippen molar-refractivity contribution in [2.75, 3.05) is 14.2 Å². The maximum Gasteiger partial charge on any atom is 0.281 e. The molecule has 0 unspecified atom stereocenters. The Bertz CT molecular complexity index is 827. The molecule has 0 N–H and O–H groups in total. The number of ketones is 1. The van der Waals surface area contributed by atoms with Crippen molar-refractivity contribution < 1.29 is 19.1 Å². The van der Waals surface area contributed by atoms with E-state index >= 15 is 0 Å². The minimum absolute atomic E-state index is 0.161. The van der Waals surface area contributed by atoms with Crippen LogP contribution in [0.4, 0.5) is 0 Å². The summed E-state index contributed by atoms with van der Waals surface area (Å²) in [5.74, 6) is 0.0956. The normalized spacial score (nSPS) is 10.3. The zero-order valence-corrected chi connectivity index (χ0v) is 13.5. The van der Waals surface area contributed by atoms with E-state index < -0.39 is 11.7 Å². The van der Waals surface area contributed by atoms with Gasteiger partial charge in [-0.25, -0.2) is 0 Å². The predicted octanol–water partition coefficient (Wildman–Crippen LogP) is 1.61. The van der Waals surface area contributed by atoms with Crippen LogP contribution in [0.1, 0.15) is 26.5 Å². The predicted molar refractivity (Wildman–Crippen MR) is 87.0 cm³/mol. The van der Waals surface area contributed by atoms with Gasteiger partial charge in [0.25, 0.3) is 5.91 Å². The molecule has 3 aromatic rings. The Balaban J connectivity index is 1.90. The number of hydrogen-bond donors (Lipinski definition) is 0. The molecule has 0 saturated carbocycles. The highest BCUT2D eigenvalue weighted by molar-refractivity contribution is 6.09. The van der Waals surface area contributed by atoms with Crippen LogP contribution >= 0.6 is 0 Å². The highest BCUT2D eigenvalue weighted by Crippen LogP contribution is 2.16. The van der Waals surface area contributed by atoms with Crippen molar-refractivity contribution in [1.29, 1.82) is 0 Å². The number of nitrogens with zero attached hydrogens (tertiary/aromatic N) is 4. The smallest absolute Gasteiger partial charge is 0.281 e. The Kier molecular flexibility index (Phi) is 4.51. The van der Waals surface area contributed by atoms with E-state index in [4.69, 9.17) is 9.47 Å². The molecule has 0 atom stereocenters. The average molecular weight is 338 g/mol. The van der Waals surface area contributed by atoms with E-state index in [1.807, 2.05) is 0 Å². The van der Waals surface area contributed by atoms with E-state index in [9.17, 15) is 9.59 Å². The van der Waals surface area contributed by atoms with Crippen LogP contribution in [0.25, 0.3) is 0 Å². The van der Waals surface area contributed by atoms with E-state index in [0.717, 1.165) is 4.68 Å². The first kappa shape index (κ1) is 16.3. The van der Waals surface area contributed by atoms with Crippen LogP contribution in [-0.4, -0.2) is 46.1 Å². The Morgan fingerprint density at radius 1 is 0.840 bits per heavy atom. The van der Waals surface area contributed by atoms with Crippen molar-refractivity contribution in [2.24, 2.45) is 0 Å². The lowest BCUT2D eigenvalue weighted by Crippen LogP contribution is -2.20. The lowest BCUT2D eigenvalue weighted by Gasteiger charge is -2.05. The van der Waals surface area contributed by atoms with Crippen LogP contribution in [0.5, 0.6) is 11.5 Å². The van der Waals surface area contributed by atoms with Gasteiger partial charge in [0.05, 0.1) is 14.2 Å². The van der Waals surface area contributed by atoms with Gasteiger partial charge < -0.3 is 9.47 Å². The second kappa shape index (κ2) is 6.91. The number of carbonyl (C=O) groups is 2. The van der Waals surface area contributed by atoms with Gasteiger partial charge in [0.15, 0.2) is 0 Å². The molecule has 0 aliphatic heterocycles. The number of carbonyl (C=O) groups excluding carboxylic acids is 2. The molecule has 0 radical (unpaired) electrons. The molecule has 0 fully saturated rings. The summed E-state index contributed by atoms with van der Waals surface area (Å²) in [6, 6.07) is 12.9. The fraction of sp³-hybridized carbons (Fsp3) is 0.118. The molecule has 0 bridgehead atoms. The van der Waals surface area contributed by atoms with Gasteiger partial charge in [-0.1, -0.05) is 0 Å². The van der Waals surface area contributed by atoms with Crippen molar-refractivity contribution in [2.45, 2.75) is 0 Å². The monoisotopic (exact) mass is 338 g/mol. The fourth-order valence-corrected chi connectivity index (χ4v) is 2.19. The summed E-state index contributed by atoms with van der Waals surface area (Å²) in [5.41, 5.74) is 0.677. The Labute approximate surface area is 143 Å². The van der Waals surface area contributed by atoms with Gasteiger partial charge in [0, 0.05) is 11.1 Å². The molecule has 0 amide bonds. The Morgan fingerprint density at radius 2 is 1.36 bits per heavy atom. The topological polar surface area (TPSA) is 96.2 Å². The van der Waals surface area contributed by atoms with E-state index in [1.54, 1.807) is 48.5 Å². The molecule has 126 valence electrons. The molecule has 0 spiro atoms. The zero-order valence-electron chi connectivity index (χ0n) is 13.5. The van der Waals surface area contributed by atoms with Crippen LogP contribution in [-0.2, 0) is 0 Å². The first-order valence-corrected chi connectivity index (χ1v) is 7.30. The molecular weight excluding hydrogens is 324 g/mol. The highest BCUT2D eigenvalue weighted by Gasteiger charge is 2.22. The average Bonchev–Trinajstić information content (AvgIpc) is 3.16. The maximum absolute atomic E-state index is 12.6. The quantitative estimate of drug-likeness (QED) is 0.515. The van der Waals surface area contributed by atoms with Crippen molar-refractivity contribution in [1.82, 2.24) is 20.2 Å². The number of tetrazole rings is 1. The van der Waals surface area contributed by atoms with Crippen LogP contribution < -0.4 is 9.47 Å². The third kappa shape index (κ3) is 3.23. The SMILES string of the molecule is COc1ccc(C(=O)c2nnnn2C(=O)c2ccc(OC)cc2)cc1. The summed E-state index contributed by atoms with van der Waals surface area (Å²) in [7, 11) is 3.06. The van der Waals surface area contributed by atoms with E-state index in [-0.39, 0.29) is 5.82 Å². The number of ether oxygens (including phenoxy) is 2.